The molecule has 0 heterocycles. The predicted octanol–water partition coefficient (Wildman–Crippen LogP) is 4.67. The Hall–Kier alpha value is -3.05. The topological polar surface area (TPSA) is 55.4 Å². The molecule has 0 amide bonds. The van der Waals surface area contributed by atoms with Gasteiger partial charge >= 0.3 is 0 Å². The normalized spacial score (nSPS) is 11.4. The summed E-state index contributed by atoms with van der Waals surface area (Å²) in [7, 11) is -2.00. The van der Waals surface area contributed by atoms with Crippen molar-refractivity contribution in [1.82, 2.24) is 0 Å². The van der Waals surface area contributed by atoms with E-state index in [0.29, 0.717) is 5.69 Å². The predicted molar refractivity (Wildman–Crippen MR) is 106 cm³/mol. The van der Waals surface area contributed by atoms with Crippen molar-refractivity contribution < 1.29 is 13.2 Å². The highest BCUT2D eigenvalue weighted by Gasteiger charge is 2.14. The van der Waals surface area contributed by atoms with Gasteiger partial charge in [-0.1, -0.05) is 60.7 Å². The van der Waals surface area contributed by atoms with Crippen molar-refractivity contribution in [1.29, 1.82) is 0 Å². The van der Waals surface area contributed by atoms with Gasteiger partial charge in [0.05, 0.1) is 17.7 Å². The van der Waals surface area contributed by atoms with Gasteiger partial charge in [-0.05, 0) is 41.5 Å². The zero-order chi connectivity index (χ0) is 18.4. The molecule has 0 saturated heterocycles. The number of rotatable bonds is 6. The molecule has 3 rings (SSSR count). The zero-order valence-corrected chi connectivity index (χ0v) is 15.1. The molecular formula is C21H19NO3S. The number of methoxy groups -OCH3 is 1. The summed E-state index contributed by atoms with van der Waals surface area (Å²) in [6, 6.07) is 23.2. The van der Waals surface area contributed by atoms with Crippen LogP contribution in [-0.4, -0.2) is 15.5 Å². The first-order valence-corrected chi connectivity index (χ1v) is 9.56. The van der Waals surface area contributed by atoms with Gasteiger partial charge in [-0.15, -0.1) is 0 Å². The van der Waals surface area contributed by atoms with Crippen molar-refractivity contribution in [3.8, 4) is 5.75 Å². The van der Waals surface area contributed by atoms with Crippen LogP contribution in [0, 0.1) is 0 Å². The van der Waals surface area contributed by atoms with Crippen molar-refractivity contribution >= 4 is 27.9 Å². The number of benzene rings is 3. The first-order valence-electron chi connectivity index (χ1n) is 8.07. The Morgan fingerprint density at radius 1 is 0.808 bits per heavy atom. The highest BCUT2D eigenvalue weighted by Crippen LogP contribution is 2.22. The largest absolute Gasteiger partial charge is 0.497 e. The monoisotopic (exact) mass is 365 g/mol. The number of sulfonamides is 1. The fourth-order valence-electron chi connectivity index (χ4n) is 2.44. The second-order valence-electron chi connectivity index (χ2n) is 5.61. The summed E-state index contributed by atoms with van der Waals surface area (Å²) in [5, 5.41) is 0. The van der Waals surface area contributed by atoms with Crippen LogP contribution in [0.1, 0.15) is 11.1 Å². The summed E-state index contributed by atoms with van der Waals surface area (Å²) in [5.74, 6) is 0.790. The van der Waals surface area contributed by atoms with E-state index in [1.807, 2.05) is 48.6 Å². The first-order chi connectivity index (χ1) is 12.6. The molecule has 0 aromatic heterocycles. The van der Waals surface area contributed by atoms with Crippen molar-refractivity contribution in [2.45, 2.75) is 4.90 Å². The maximum absolute atomic E-state index is 12.5. The van der Waals surface area contributed by atoms with E-state index >= 15 is 0 Å². The molecule has 5 heteroatoms. The summed E-state index contributed by atoms with van der Waals surface area (Å²) >= 11 is 0. The van der Waals surface area contributed by atoms with Gasteiger partial charge in [0.25, 0.3) is 10.0 Å². The number of nitrogens with one attached hydrogen (secondary N) is 1. The van der Waals surface area contributed by atoms with Gasteiger partial charge in [-0.25, -0.2) is 8.42 Å². The number of para-hydroxylation sites is 1. The third-order valence-electron chi connectivity index (χ3n) is 3.83. The highest BCUT2D eigenvalue weighted by atomic mass is 32.2. The van der Waals surface area contributed by atoms with E-state index in [1.54, 1.807) is 49.6 Å². The summed E-state index contributed by atoms with van der Waals surface area (Å²) in [6.45, 7) is 0. The summed E-state index contributed by atoms with van der Waals surface area (Å²) in [4.78, 5) is 0.230. The Morgan fingerprint density at radius 3 is 2.15 bits per heavy atom. The molecule has 0 fully saturated rings. The smallest absolute Gasteiger partial charge is 0.261 e. The molecule has 0 aliphatic heterocycles. The molecule has 132 valence electrons. The first kappa shape index (κ1) is 17.8. The maximum Gasteiger partial charge on any atom is 0.261 e. The number of hydrogen-bond acceptors (Lipinski definition) is 3. The lowest BCUT2D eigenvalue weighted by atomic mass is 10.1. The van der Waals surface area contributed by atoms with Gasteiger partial charge in [-0.2, -0.15) is 0 Å². The van der Waals surface area contributed by atoms with Gasteiger partial charge in [0.1, 0.15) is 5.75 Å². The third-order valence-corrected chi connectivity index (χ3v) is 5.21. The fraction of sp³-hybridized carbons (Fsp3) is 0.0476. The number of hydrogen-bond donors (Lipinski definition) is 1. The van der Waals surface area contributed by atoms with Crippen LogP contribution < -0.4 is 9.46 Å². The Kier molecular flexibility index (Phi) is 5.39. The molecule has 0 aliphatic carbocycles. The molecule has 0 saturated carbocycles. The minimum Gasteiger partial charge on any atom is -0.497 e. The zero-order valence-electron chi connectivity index (χ0n) is 14.3. The Bertz CT molecular complexity index is 995. The van der Waals surface area contributed by atoms with Gasteiger partial charge in [-0.3, -0.25) is 4.72 Å². The molecule has 0 unspecified atom stereocenters. The minimum absolute atomic E-state index is 0.230. The molecule has 0 radical (unpaired) electrons. The van der Waals surface area contributed by atoms with Gasteiger partial charge in [0, 0.05) is 0 Å². The van der Waals surface area contributed by atoms with Crippen LogP contribution in [-0.2, 0) is 10.0 Å². The third kappa shape index (κ3) is 4.32. The molecule has 3 aromatic carbocycles. The molecular weight excluding hydrogens is 346 g/mol. The lowest BCUT2D eigenvalue weighted by Crippen LogP contribution is -2.13. The molecule has 0 spiro atoms. The van der Waals surface area contributed by atoms with Crippen molar-refractivity contribution in [2.24, 2.45) is 0 Å². The lowest BCUT2D eigenvalue weighted by Gasteiger charge is -2.10. The van der Waals surface area contributed by atoms with E-state index in [4.69, 9.17) is 4.74 Å². The average Bonchev–Trinajstić information content (AvgIpc) is 2.68. The molecule has 0 atom stereocenters. The maximum atomic E-state index is 12.5. The summed E-state index contributed by atoms with van der Waals surface area (Å²) < 4.78 is 32.9. The van der Waals surface area contributed by atoms with Crippen LogP contribution in [0.5, 0.6) is 5.75 Å². The quantitative estimate of drug-likeness (QED) is 0.646. The minimum atomic E-state index is -3.63. The molecule has 0 bridgehead atoms. The Labute approximate surface area is 153 Å². The molecule has 0 aliphatic rings. The average molecular weight is 365 g/mol. The van der Waals surface area contributed by atoms with E-state index in [1.165, 1.54) is 0 Å². The van der Waals surface area contributed by atoms with E-state index in [2.05, 4.69) is 4.72 Å². The van der Waals surface area contributed by atoms with E-state index in [-0.39, 0.29) is 4.90 Å². The van der Waals surface area contributed by atoms with Crippen LogP contribution >= 0.6 is 0 Å². The van der Waals surface area contributed by atoms with Crippen LogP contribution in [0.15, 0.2) is 83.8 Å². The standard InChI is InChI=1S/C21H19NO3S/c1-25-19-15-12-17(13-16-19)11-14-18-7-5-6-10-21(18)22-26(23,24)20-8-3-2-4-9-20/h2-16,22H,1H3/b14-11+. The van der Waals surface area contributed by atoms with E-state index in [9.17, 15) is 8.42 Å². The molecule has 3 aromatic rings. The second-order valence-corrected chi connectivity index (χ2v) is 7.29. The number of anilines is 1. The van der Waals surface area contributed by atoms with Gasteiger partial charge < -0.3 is 4.74 Å². The molecule has 26 heavy (non-hydrogen) atoms. The highest BCUT2D eigenvalue weighted by molar-refractivity contribution is 7.92. The van der Waals surface area contributed by atoms with E-state index in [0.717, 1.165) is 16.9 Å². The summed E-state index contributed by atoms with van der Waals surface area (Å²) in [5.41, 5.74) is 2.30. The SMILES string of the molecule is COc1ccc(/C=C/c2ccccc2NS(=O)(=O)c2ccccc2)cc1. The van der Waals surface area contributed by atoms with Gasteiger partial charge in [0.2, 0.25) is 0 Å². The van der Waals surface area contributed by atoms with E-state index < -0.39 is 10.0 Å². The molecule has 4 nitrogen and oxygen atoms in total. The lowest BCUT2D eigenvalue weighted by molar-refractivity contribution is 0.415. The Balaban J connectivity index is 1.85. The second kappa shape index (κ2) is 7.89. The van der Waals surface area contributed by atoms with Crippen LogP contribution in [0.4, 0.5) is 5.69 Å². The van der Waals surface area contributed by atoms with Crippen molar-refractivity contribution in [3.05, 3.63) is 90.0 Å². The van der Waals surface area contributed by atoms with Gasteiger partial charge in [0.15, 0.2) is 0 Å². The van der Waals surface area contributed by atoms with Crippen LogP contribution in [0.25, 0.3) is 12.2 Å². The fourth-order valence-corrected chi connectivity index (χ4v) is 3.55. The van der Waals surface area contributed by atoms with Crippen molar-refractivity contribution in [3.63, 3.8) is 0 Å². The molecule has 1 N–H and O–H groups in total. The Morgan fingerprint density at radius 2 is 1.46 bits per heavy atom. The van der Waals surface area contributed by atoms with Crippen LogP contribution in [0.2, 0.25) is 0 Å². The van der Waals surface area contributed by atoms with Crippen LogP contribution in [0.3, 0.4) is 0 Å². The van der Waals surface area contributed by atoms with Crippen molar-refractivity contribution in [2.75, 3.05) is 11.8 Å². The number of ether oxygens (including phenoxy) is 1. The summed E-state index contributed by atoms with van der Waals surface area (Å²) in [6.07, 6.45) is 3.81.